The number of hydrogen-bond donors (Lipinski definition) is 0. The Morgan fingerprint density at radius 3 is 3.00 bits per heavy atom. The van der Waals surface area contributed by atoms with Crippen molar-refractivity contribution >= 4 is 36.0 Å². The summed E-state index contributed by atoms with van der Waals surface area (Å²) in [5.41, 5.74) is 7.03. The van der Waals surface area contributed by atoms with E-state index in [0.29, 0.717) is 0 Å². The minimum absolute atomic E-state index is 0.0172. The number of hydrogen-bond acceptors (Lipinski definition) is 1. The van der Waals surface area contributed by atoms with E-state index in [4.69, 9.17) is 4.74 Å². The molecule has 5 aliphatic rings. The van der Waals surface area contributed by atoms with Crippen LogP contribution in [0, 0.1) is 0 Å². The van der Waals surface area contributed by atoms with Gasteiger partial charge in [0, 0.05) is 16.4 Å². The van der Waals surface area contributed by atoms with Crippen LogP contribution in [0.3, 0.4) is 0 Å². The lowest BCUT2D eigenvalue weighted by Crippen LogP contribution is -2.37. The molecule has 1 unspecified atom stereocenters. The summed E-state index contributed by atoms with van der Waals surface area (Å²) in [6, 6.07) is 8.90. The number of benzene rings is 2. The standard InChI is InChI=1S/C29H21O/c1-2-7-20-18(5-1)11-13-24-22-9-4-10-26(25(22)15-14-23(20)24)29-17-27-21-8-3-6-19(21)12-16-28(27)30-29/h2-4,6-7,9-10,12-17,26,29H,1,5,11H2/t26?,29-/m0/s1. The van der Waals surface area contributed by atoms with Crippen molar-refractivity contribution in [3.8, 4) is 5.75 Å². The van der Waals surface area contributed by atoms with Gasteiger partial charge in [0.1, 0.15) is 11.9 Å². The van der Waals surface area contributed by atoms with Crippen LogP contribution >= 0.6 is 0 Å². The summed E-state index contributed by atoms with van der Waals surface area (Å²) in [7, 11) is 0. The van der Waals surface area contributed by atoms with Gasteiger partial charge in [0.2, 0.25) is 0 Å². The van der Waals surface area contributed by atoms with Crippen molar-refractivity contribution < 1.29 is 4.74 Å². The van der Waals surface area contributed by atoms with Crippen molar-refractivity contribution in [1.82, 2.24) is 0 Å². The molecule has 0 saturated carbocycles. The molecule has 0 fully saturated rings. The summed E-state index contributed by atoms with van der Waals surface area (Å²) in [5, 5.41) is 5.13. The average molecular weight is 385 g/mol. The molecule has 0 amide bonds. The van der Waals surface area contributed by atoms with Crippen LogP contribution in [0.2, 0.25) is 0 Å². The molecule has 143 valence electrons. The zero-order valence-electron chi connectivity index (χ0n) is 16.7. The smallest absolute Gasteiger partial charge is 0.128 e. The molecule has 0 spiro atoms. The van der Waals surface area contributed by atoms with Crippen LogP contribution in [0.5, 0.6) is 5.75 Å². The van der Waals surface area contributed by atoms with Gasteiger partial charge in [0.25, 0.3) is 0 Å². The third kappa shape index (κ3) is 2.24. The number of fused-ring (bicyclic) bond motifs is 7. The minimum atomic E-state index is 0.0172. The molecule has 0 saturated heterocycles. The highest BCUT2D eigenvalue weighted by molar-refractivity contribution is 5.82. The van der Waals surface area contributed by atoms with E-state index in [-0.39, 0.29) is 12.0 Å². The highest BCUT2D eigenvalue weighted by atomic mass is 16.5. The average Bonchev–Trinajstić information content (AvgIpc) is 3.44. The molecule has 2 atom stereocenters. The zero-order valence-corrected chi connectivity index (χ0v) is 16.7. The predicted octanol–water partition coefficient (Wildman–Crippen LogP) is 3.33. The maximum atomic E-state index is 6.44. The largest absolute Gasteiger partial charge is 0.485 e. The molecule has 0 N–H and O–H groups in total. The first kappa shape index (κ1) is 16.5. The van der Waals surface area contributed by atoms with Crippen LogP contribution in [0.15, 0.2) is 60.2 Å². The molecule has 0 bridgehead atoms. The molecule has 2 aromatic rings. The van der Waals surface area contributed by atoms with Gasteiger partial charge in [-0.2, -0.15) is 0 Å². The fourth-order valence-electron chi connectivity index (χ4n) is 5.60. The van der Waals surface area contributed by atoms with E-state index >= 15 is 0 Å². The summed E-state index contributed by atoms with van der Waals surface area (Å²) in [6.45, 7) is 0. The van der Waals surface area contributed by atoms with Gasteiger partial charge >= 0.3 is 0 Å². The second-order valence-electron chi connectivity index (χ2n) is 8.64. The normalized spacial score (nSPS) is 23.7. The summed E-state index contributed by atoms with van der Waals surface area (Å²) in [4.78, 5) is 0. The zero-order chi connectivity index (χ0) is 19.7. The predicted molar refractivity (Wildman–Crippen MR) is 123 cm³/mol. The van der Waals surface area contributed by atoms with Crippen molar-refractivity contribution in [3.63, 3.8) is 0 Å². The monoisotopic (exact) mass is 385 g/mol. The first-order valence-electron chi connectivity index (χ1n) is 10.9. The minimum Gasteiger partial charge on any atom is -0.485 e. The van der Waals surface area contributed by atoms with Crippen LogP contribution in [0.1, 0.15) is 41.9 Å². The fraction of sp³-hybridized carbons (Fsp3) is 0.172. The quantitative estimate of drug-likeness (QED) is 0.732. The van der Waals surface area contributed by atoms with E-state index in [1.54, 1.807) is 5.57 Å². The first-order chi connectivity index (χ1) is 14.9. The lowest BCUT2D eigenvalue weighted by Gasteiger charge is -2.26. The Kier molecular flexibility index (Phi) is 3.34. The van der Waals surface area contributed by atoms with E-state index in [1.165, 1.54) is 56.0 Å². The maximum absolute atomic E-state index is 6.44. The molecule has 1 heteroatoms. The van der Waals surface area contributed by atoms with Crippen molar-refractivity contribution in [1.29, 1.82) is 0 Å². The van der Waals surface area contributed by atoms with Crippen molar-refractivity contribution in [2.24, 2.45) is 0 Å². The van der Waals surface area contributed by atoms with E-state index in [0.717, 1.165) is 12.2 Å². The van der Waals surface area contributed by atoms with E-state index < -0.39 is 0 Å². The Labute approximate surface area is 175 Å². The molecule has 4 aliphatic carbocycles. The Hall–Kier alpha value is -3.32. The first-order valence-corrected chi connectivity index (χ1v) is 10.9. The molecule has 1 radical (unpaired) electrons. The van der Waals surface area contributed by atoms with Gasteiger partial charge in [-0.15, -0.1) is 0 Å². The summed E-state index contributed by atoms with van der Waals surface area (Å²) < 4.78 is 6.44. The van der Waals surface area contributed by atoms with Gasteiger partial charge in [-0.3, -0.25) is 0 Å². The Morgan fingerprint density at radius 2 is 2.00 bits per heavy atom. The molecule has 1 aliphatic heterocycles. The Balaban J connectivity index is 1.36. The van der Waals surface area contributed by atoms with Gasteiger partial charge in [-0.05, 0) is 70.2 Å². The highest BCUT2D eigenvalue weighted by Crippen LogP contribution is 2.32. The second kappa shape index (κ2) is 6.09. The third-order valence-corrected chi connectivity index (χ3v) is 7.06. The van der Waals surface area contributed by atoms with Crippen LogP contribution in [-0.4, -0.2) is 6.10 Å². The molecular weight excluding hydrogens is 364 g/mol. The van der Waals surface area contributed by atoms with Crippen LogP contribution in [0.4, 0.5) is 0 Å². The van der Waals surface area contributed by atoms with Gasteiger partial charge in [0.05, 0.1) is 0 Å². The lowest BCUT2D eigenvalue weighted by molar-refractivity contribution is 0.258. The highest BCUT2D eigenvalue weighted by Gasteiger charge is 2.28. The second-order valence-corrected chi connectivity index (χ2v) is 8.64. The van der Waals surface area contributed by atoms with Gasteiger partial charge in [-0.25, -0.2) is 0 Å². The topological polar surface area (TPSA) is 9.23 Å². The van der Waals surface area contributed by atoms with Crippen molar-refractivity contribution in [3.05, 3.63) is 97.8 Å². The molecule has 0 aromatic heterocycles. The van der Waals surface area contributed by atoms with Crippen LogP contribution in [-0.2, 0) is 0 Å². The lowest BCUT2D eigenvalue weighted by atomic mass is 9.81. The molecule has 1 nitrogen and oxygen atoms in total. The van der Waals surface area contributed by atoms with E-state index in [9.17, 15) is 0 Å². The Morgan fingerprint density at radius 1 is 1.00 bits per heavy atom. The molecule has 1 heterocycles. The summed E-state index contributed by atoms with van der Waals surface area (Å²) in [5.74, 6) is 1.20. The van der Waals surface area contributed by atoms with Gasteiger partial charge < -0.3 is 4.74 Å². The fourth-order valence-corrected chi connectivity index (χ4v) is 5.60. The SMILES string of the molecule is [C]1=c2c(ccc3c2=C[C@@H](C2C=CC=c4c2ccc2c4=CCC4=C2C=CCC4)O3)C=C1. The van der Waals surface area contributed by atoms with Gasteiger partial charge in [0.15, 0.2) is 0 Å². The number of rotatable bonds is 1. The van der Waals surface area contributed by atoms with Gasteiger partial charge in [-0.1, -0.05) is 72.4 Å². The molecule has 2 aromatic carbocycles. The van der Waals surface area contributed by atoms with Crippen molar-refractivity contribution in [2.45, 2.75) is 31.3 Å². The van der Waals surface area contributed by atoms with E-state index in [1.807, 2.05) is 6.08 Å². The number of allylic oxidation sites excluding steroid dienone is 6. The maximum Gasteiger partial charge on any atom is 0.128 e. The summed E-state index contributed by atoms with van der Waals surface area (Å²) >= 11 is 0. The Bertz CT molecular complexity index is 1490. The number of ether oxygens (including phenoxy) is 1. The molecular formula is C29H21O. The van der Waals surface area contributed by atoms with Crippen LogP contribution in [0.25, 0.3) is 36.0 Å². The summed E-state index contributed by atoms with van der Waals surface area (Å²) in [6.07, 6.45) is 27.1. The van der Waals surface area contributed by atoms with Crippen LogP contribution < -0.4 is 25.6 Å². The third-order valence-electron chi connectivity index (χ3n) is 7.06. The van der Waals surface area contributed by atoms with Crippen molar-refractivity contribution in [2.75, 3.05) is 0 Å². The van der Waals surface area contributed by atoms with E-state index in [2.05, 4.69) is 78.9 Å². The molecule has 7 rings (SSSR count). The molecule has 30 heavy (non-hydrogen) atoms.